The Kier molecular flexibility index (Phi) is 5.91. The third-order valence-electron chi connectivity index (χ3n) is 6.02. The monoisotopic (exact) mass is 403 g/mol. The normalized spacial score (nSPS) is 17.3. The molecule has 1 saturated heterocycles. The van der Waals surface area contributed by atoms with Gasteiger partial charge < -0.3 is 20.7 Å². The molecular weight excluding hydrogens is 374 g/mol. The molecule has 0 aromatic heterocycles. The molecule has 0 saturated carbocycles. The van der Waals surface area contributed by atoms with Crippen LogP contribution in [0.25, 0.3) is 10.8 Å². The summed E-state index contributed by atoms with van der Waals surface area (Å²) in [5.74, 6) is -0.276. The molecule has 1 aliphatic rings. The van der Waals surface area contributed by atoms with Crippen molar-refractivity contribution in [2.45, 2.75) is 31.8 Å². The summed E-state index contributed by atoms with van der Waals surface area (Å²) in [4.78, 5) is 13.9. The summed E-state index contributed by atoms with van der Waals surface area (Å²) in [6.45, 7) is 4.16. The highest BCUT2D eigenvalue weighted by atomic mass is 16.5. The summed E-state index contributed by atoms with van der Waals surface area (Å²) in [5, 5.41) is 6.40. The Balaban J connectivity index is 1.42. The van der Waals surface area contributed by atoms with Crippen molar-refractivity contribution in [1.29, 1.82) is 0 Å². The second-order valence-electron chi connectivity index (χ2n) is 8.02. The highest BCUT2D eigenvalue weighted by Crippen LogP contribution is 2.28. The topological polar surface area (TPSA) is 67.6 Å². The van der Waals surface area contributed by atoms with Crippen molar-refractivity contribution < 1.29 is 9.53 Å². The molecule has 3 N–H and O–H groups in total. The van der Waals surface area contributed by atoms with Gasteiger partial charge in [0.2, 0.25) is 0 Å². The molecule has 0 radical (unpaired) electrons. The highest BCUT2D eigenvalue weighted by molar-refractivity contribution is 5.86. The van der Waals surface area contributed by atoms with Gasteiger partial charge in [0.1, 0.15) is 0 Å². The summed E-state index contributed by atoms with van der Waals surface area (Å²) >= 11 is 0. The fourth-order valence-electron chi connectivity index (χ4n) is 4.37. The fraction of sp³-hybridized carbons (Fsp3) is 0.320. The van der Waals surface area contributed by atoms with Crippen molar-refractivity contribution in [2.24, 2.45) is 0 Å². The summed E-state index contributed by atoms with van der Waals surface area (Å²) in [6, 6.07) is 21.7. The second kappa shape index (κ2) is 8.76. The quantitative estimate of drug-likeness (QED) is 0.480. The number of anilines is 2. The molecule has 1 fully saturated rings. The zero-order chi connectivity index (χ0) is 21.1. The number of nitrogens with two attached hydrogens (primary N) is 1. The molecule has 0 bridgehead atoms. The van der Waals surface area contributed by atoms with Crippen molar-refractivity contribution in [1.82, 2.24) is 5.32 Å². The number of carbonyl (C=O) groups is 1. The zero-order valence-corrected chi connectivity index (χ0v) is 17.6. The number of nitrogens with one attached hydrogen (secondary N) is 1. The van der Waals surface area contributed by atoms with Gasteiger partial charge in [-0.25, -0.2) is 0 Å². The van der Waals surface area contributed by atoms with Crippen LogP contribution in [0.1, 0.15) is 30.5 Å². The average Bonchev–Trinajstić information content (AvgIpc) is 3.23. The smallest absolute Gasteiger partial charge is 0.310 e. The molecule has 0 unspecified atom stereocenters. The van der Waals surface area contributed by atoms with E-state index in [-0.39, 0.29) is 18.4 Å². The Hall–Kier alpha value is -3.05. The zero-order valence-electron chi connectivity index (χ0n) is 17.6. The molecular formula is C25H29N3O2. The molecule has 0 amide bonds. The molecule has 4 rings (SSSR count). The van der Waals surface area contributed by atoms with E-state index >= 15 is 0 Å². The van der Waals surface area contributed by atoms with Gasteiger partial charge in [0.05, 0.1) is 13.5 Å². The van der Waals surface area contributed by atoms with Crippen LogP contribution in [-0.2, 0) is 16.0 Å². The van der Waals surface area contributed by atoms with Gasteiger partial charge in [0, 0.05) is 36.5 Å². The number of ether oxygens (including phenoxy) is 1. The lowest BCUT2D eigenvalue weighted by Crippen LogP contribution is -2.34. The predicted octanol–water partition coefficient (Wildman–Crippen LogP) is 4.07. The van der Waals surface area contributed by atoms with Crippen LogP contribution in [-0.4, -0.2) is 32.2 Å². The van der Waals surface area contributed by atoms with Gasteiger partial charge in [-0.3, -0.25) is 4.79 Å². The van der Waals surface area contributed by atoms with Gasteiger partial charge in [0.15, 0.2) is 0 Å². The molecule has 30 heavy (non-hydrogen) atoms. The first-order valence-corrected chi connectivity index (χ1v) is 10.5. The first-order chi connectivity index (χ1) is 14.5. The van der Waals surface area contributed by atoms with Crippen molar-refractivity contribution in [3.05, 3.63) is 71.8 Å². The summed E-state index contributed by atoms with van der Waals surface area (Å²) in [5.41, 5.74) is 10.1. The average molecular weight is 404 g/mol. The van der Waals surface area contributed by atoms with E-state index < -0.39 is 0 Å². The lowest BCUT2D eigenvalue weighted by molar-refractivity contribution is -0.139. The number of benzene rings is 3. The van der Waals surface area contributed by atoms with Crippen LogP contribution in [0.15, 0.2) is 60.7 Å². The summed E-state index contributed by atoms with van der Waals surface area (Å²) in [6.07, 6.45) is 1.29. The van der Waals surface area contributed by atoms with E-state index in [2.05, 4.69) is 59.6 Å². The molecule has 5 nitrogen and oxygen atoms in total. The maximum atomic E-state index is 11.5. The van der Waals surface area contributed by atoms with E-state index in [1.54, 1.807) is 0 Å². The van der Waals surface area contributed by atoms with E-state index in [1.807, 2.05) is 18.2 Å². The minimum Gasteiger partial charge on any atom is -0.469 e. The largest absolute Gasteiger partial charge is 0.469 e. The number of nitrogens with zero attached hydrogens (tertiary/aromatic N) is 1. The van der Waals surface area contributed by atoms with Crippen molar-refractivity contribution in [2.75, 3.05) is 30.8 Å². The van der Waals surface area contributed by atoms with Gasteiger partial charge in [-0.05, 0) is 47.4 Å². The van der Waals surface area contributed by atoms with E-state index in [0.717, 1.165) is 30.8 Å². The SMILES string of the molecule is COC(=O)Cc1ccc(N2CC[C@H](N[C@H](C)c3cccc4ccccc34)C2)cc1N. The molecule has 1 aliphatic heterocycles. The van der Waals surface area contributed by atoms with Crippen LogP contribution in [0.3, 0.4) is 0 Å². The molecule has 0 aliphatic carbocycles. The van der Waals surface area contributed by atoms with Gasteiger partial charge >= 0.3 is 5.97 Å². The molecule has 1 heterocycles. The first kappa shape index (κ1) is 20.2. The summed E-state index contributed by atoms with van der Waals surface area (Å²) in [7, 11) is 1.39. The molecule has 0 spiro atoms. The van der Waals surface area contributed by atoms with Crippen molar-refractivity contribution >= 4 is 28.1 Å². The van der Waals surface area contributed by atoms with Crippen LogP contribution in [0.2, 0.25) is 0 Å². The number of hydrogen-bond donors (Lipinski definition) is 2. The Morgan fingerprint density at radius 1 is 1.20 bits per heavy atom. The van der Waals surface area contributed by atoms with Gasteiger partial charge in [-0.15, -0.1) is 0 Å². The van der Waals surface area contributed by atoms with E-state index in [1.165, 1.54) is 23.4 Å². The van der Waals surface area contributed by atoms with Gasteiger partial charge in [-0.1, -0.05) is 48.5 Å². The number of methoxy groups -OCH3 is 1. The maximum Gasteiger partial charge on any atom is 0.310 e. The maximum absolute atomic E-state index is 11.5. The van der Waals surface area contributed by atoms with E-state index in [9.17, 15) is 4.79 Å². The molecule has 3 aromatic carbocycles. The van der Waals surface area contributed by atoms with Crippen LogP contribution in [0.4, 0.5) is 11.4 Å². The second-order valence-corrected chi connectivity index (χ2v) is 8.02. The Labute approximate surface area is 177 Å². The Morgan fingerprint density at radius 2 is 2.00 bits per heavy atom. The molecule has 5 heteroatoms. The first-order valence-electron chi connectivity index (χ1n) is 10.5. The number of rotatable bonds is 6. The number of hydrogen-bond acceptors (Lipinski definition) is 5. The fourth-order valence-corrected chi connectivity index (χ4v) is 4.37. The number of carbonyl (C=O) groups excluding carboxylic acids is 1. The number of fused-ring (bicyclic) bond motifs is 1. The van der Waals surface area contributed by atoms with Crippen LogP contribution >= 0.6 is 0 Å². The van der Waals surface area contributed by atoms with E-state index in [0.29, 0.717) is 11.7 Å². The number of nitrogen functional groups attached to an aromatic ring is 1. The lowest BCUT2D eigenvalue weighted by Gasteiger charge is -2.23. The van der Waals surface area contributed by atoms with Crippen molar-refractivity contribution in [3.8, 4) is 0 Å². The Bertz CT molecular complexity index is 1040. The predicted molar refractivity (Wildman–Crippen MR) is 123 cm³/mol. The molecule has 3 aromatic rings. The van der Waals surface area contributed by atoms with Gasteiger partial charge in [0.25, 0.3) is 0 Å². The van der Waals surface area contributed by atoms with Crippen LogP contribution < -0.4 is 16.0 Å². The third-order valence-corrected chi connectivity index (χ3v) is 6.02. The highest BCUT2D eigenvalue weighted by Gasteiger charge is 2.25. The minimum absolute atomic E-state index is 0.204. The molecule has 2 atom stereocenters. The van der Waals surface area contributed by atoms with Crippen LogP contribution in [0.5, 0.6) is 0 Å². The minimum atomic E-state index is -0.276. The Morgan fingerprint density at radius 3 is 2.80 bits per heavy atom. The number of esters is 1. The van der Waals surface area contributed by atoms with Crippen LogP contribution in [0, 0.1) is 0 Å². The van der Waals surface area contributed by atoms with Gasteiger partial charge in [-0.2, -0.15) is 0 Å². The molecule has 156 valence electrons. The lowest BCUT2D eigenvalue weighted by atomic mass is 9.99. The summed E-state index contributed by atoms with van der Waals surface area (Å²) < 4.78 is 4.74. The standard InChI is InChI=1S/C25H29N3O2/c1-17(22-9-5-7-18-6-3-4-8-23(18)22)27-20-12-13-28(16-20)21-11-10-19(24(26)15-21)14-25(29)30-2/h3-11,15,17,20,27H,12-14,16,26H2,1-2H3/t17-,20+/m1/s1. The van der Waals surface area contributed by atoms with Crippen molar-refractivity contribution in [3.63, 3.8) is 0 Å². The third kappa shape index (κ3) is 4.26. The van der Waals surface area contributed by atoms with E-state index in [4.69, 9.17) is 10.5 Å².